The fourth-order valence-electron chi connectivity index (χ4n) is 21.5. The first-order chi connectivity index (χ1) is 68.7. The van der Waals surface area contributed by atoms with E-state index < -0.39 is 0 Å². The molecule has 0 radical (unpaired) electrons. The van der Waals surface area contributed by atoms with Gasteiger partial charge in [-0.05, 0) is 290 Å². The molecular weight excluding hydrogens is 1690 g/mol. The Balaban J connectivity index is 0.000000111. The van der Waals surface area contributed by atoms with Gasteiger partial charge in [-0.15, -0.1) is 0 Å². The number of aromatic nitrogens is 6. The van der Waals surface area contributed by atoms with Crippen LogP contribution in [0.2, 0.25) is 0 Å². The van der Waals surface area contributed by atoms with Crippen LogP contribution in [-0.4, -0.2) is 27.4 Å². The van der Waals surface area contributed by atoms with Gasteiger partial charge in [0.25, 0.3) is 0 Å². The maximum absolute atomic E-state index is 14.3. The third-order valence-corrected chi connectivity index (χ3v) is 27.8. The summed E-state index contributed by atoms with van der Waals surface area (Å²) in [6.07, 6.45) is 0. The molecule has 0 aliphatic rings. The van der Waals surface area contributed by atoms with E-state index in [1.165, 1.54) is 141 Å². The van der Waals surface area contributed by atoms with E-state index in [1.54, 1.807) is 9.13 Å². The van der Waals surface area contributed by atoms with Crippen molar-refractivity contribution in [3.05, 3.63) is 535 Å². The fourth-order valence-corrected chi connectivity index (χ4v) is 21.5. The summed E-state index contributed by atoms with van der Waals surface area (Å²) in [6.45, 7) is 0. The number of para-hydroxylation sites is 5. The van der Waals surface area contributed by atoms with Gasteiger partial charge in [0, 0.05) is 7.05 Å². The normalized spacial score (nSPS) is 11.6. The van der Waals surface area contributed by atoms with Crippen LogP contribution >= 0.6 is 0 Å². The molecule has 9 heteroatoms. The smallest absolute Gasteiger partial charge is 0.295 e. The zero-order valence-corrected chi connectivity index (χ0v) is 75.8. The Labute approximate surface area is 800 Å². The van der Waals surface area contributed by atoms with Crippen LogP contribution in [0.1, 0.15) is 0 Å². The largest absolute Gasteiger partial charge is 0.338 e. The van der Waals surface area contributed by atoms with E-state index in [1.807, 2.05) is 171 Å². The first-order valence-corrected chi connectivity index (χ1v) is 47.1. The summed E-state index contributed by atoms with van der Waals surface area (Å²) in [6, 6.07) is 176. The Morgan fingerprint density at radius 1 is 0.137 bits per heavy atom. The molecule has 0 bridgehead atoms. The highest BCUT2D eigenvalue weighted by Gasteiger charge is 2.26. The minimum Gasteiger partial charge on any atom is -0.295 e. The second-order valence-corrected chi connectivity index (χ2v) is 35.7. The summed E-state index contributed by atoms with van der Waals surface area (Å²) in [5, 5.41) is 21.8. The Bertz CT molecular complexity index is 9600. The van der Waals surface area contributed by atoms with Crippen molar-refractivity contribution in [1.29, 1.82) is 0 Å². The van der Waals surface area contributed by atoms with Crippen molar-refractivity contribution in [2.24, 2.45) is 7.05 Å². The average Bonchev–Trinajstić information content (AvgIpc) is 1.31. The second-order valence-electron chi connectivity index (χ2n) is 35.7. The molecule has 3 heterocycles. The standard InChI is InChI=1S/C49H32N2O.C43H28N2O.C38H26N2O/c52-49-50(39-28-24-35(25-29-39)33-12-2-1-3-13-33)45-20-10-11-21-46(45)51(49)40-30-26-36(27-31-40)47-41-16-6-8-18-43(41)48(44-19-9-7-17-42(44)47)38-23-22-34-14-4-5-15-37(34)32-38;46-43-44(33-15-3-1-4-16-33)39-26-25-32(28-40(39)45(43)34-17-5-2-6-18-34)42-37-21-11-9-19-35(37)41(36-20-10-12-22-38(36)42)31-24-23-29-13-7-8-14-30(29)27-31;1-39-35-24-28(21-22-34(35)40(38(39)41)29-13-3-2-4-14-29)37-32-17-9-7-15-30(32)36(31-16-8-10-18-33(31)37)27-20-19-25-11-5-6-12-26(25)23-27/h1-32H;1-28H;2-24H,1H3. The van der Waals surface area contributed by atoms with Gasteiger partial charge in [0.15, 0.2) is 0 Å². The van der Waals surface area contributed by atoms with Crippen LogP contribution in [0.4, 0.5) is 0 Å². The molecule has 139 heavy (non-hydrogen) atoms. The molecule has 0 fully saturated rings. The third kappa shape index (κ3) is 14.2. The van der Waals surface area contributed by atoms with E-state index in [0.717, 1.165) is 94.9 Å². The number of hydrogen-bond acceptors (Lipinski definition) is 3. The fraction of sp³-hybridized carbons (Fsp3) is 0.00769. The Hall–Kier alpha value is -18.6. The van der Waals surface area contributed by atoms with Crippen molar-refractivity contribution in [2.45, 2.75) is 0 Å². The first-order valence-electron chi connectivity index (χ1n) is 47.1. The molecule has 0 aliphatic heterocycles. The van der Waals surface area contributed by atoms with E-state index in [0.29, 0.717) is 0 Å². The van der Waals surface area contributed by atoms with E-state index in [-0.39, 0.29) is 17.1 Å². The number of aryl methyl sites for hydroxylation is 1. The van der Waals surface area contributed by atoms with Crippen LogP contribution in [-0.2, 0) is 7.05 Å². The van der Waals surface area contributed by atoms with Crippen LogP contribution in [0.15, 0.2) is 518 Å². The van der Waals surface area contributed by atoms with Crippen molar-refractivity contribution in [3.8, 4) is 106 Å². The number of rotatable bonds is 12. The highest BCUT2D eigenvalue weighted by atomic mass is 16.2. The summed E-state index contributed by atoms with van der Waals surface area (Å²) < 4.78 is 10.8. The summed E-state index contributed by atoms with van der Waals surface area (Å²) in [7, 11) is 1.85. The molecule has 0 saturated carbocycles. The van der Waals surface area contributed by atoms with Crippen LogP contribution in [0.25, 0.3) is 236 Å². The summed E-state index contributed by atoms with van der Waals surface area (Å²) in [5.41, 5.74) is 25.6. The van der Waals surface area contributed by atoms with Crippen LogP contribution in [0.5, 0.6) is 0 Å². The molecule has 0 aliphatic carbocycles. The molecule has 27 rings (SSSR count). The zero-order chi connectivity index (χ0) is 92.7. The zero-order valence-electron chi connectivity index (χ0n) is 75.8. The number of imidazole rings is 3. The molecular formula is C130H86N6O3. The number of fused-ring (bicyclic) bond motifs is 12. The molecule has 0 N–H and O–H groups in total. The lowest BCUT2D eigenvalue weighted by atomic mass is 9.85. The Kier molecular flexibility index (Phi) is 20.4. The van der Waals surface area contributed by atoms with Gasteiger partial charge in [-0.3, -0.25) is 27.4 Å². The van der Waals surface area contributed by atoms with Gasteiger partial charge in [0.2, 0.25) is 0 Å². The summed E-state index contributed by atoms with van der Waals surface area (Å²) in [5.74, 6) is 0. The van der Waals surface area contributed by atoms with Crippen LogP contribution < -0.4 is 17.1 Å². The maximum atomic E-state index is 14.3. The molecule has 27 aromatic rings. The van der Waals surface area contributed by atoms with Gasteiger partial charge in [-0.25, -0.2) is 14.4 Å². The minimum absolute atomic E-state index is 0.0512. The number of nitrogens with zero attached hydrogens (tertiary/aromatic N) is 6. The highest BCUT2D eigenvalue weighted by molar-refractivity contribution is 6.25. The van der Waals surface area contributed by atoms with Crippen molar-refractivity contribution in [2.75, 3.05) is 0 Å². The number of hydrogen-bond donors (Lipinski definition) is 0. The summed E-state index contributed by atoms with van der Waals surface area (Å²) >= 11 is 0. The van der Waals surface area contributed by atoms with Crippen molar-refractivity contribution in [3.63, 3.8) is 0 Å². The Morgan fingerprint density at radius 2 is 0.338 bits per heavy atom. The average molecular weight is 1780 g/mol. The predicted octanol–water partition coefficient (Wildman–Crippen LogP) is 31.9. The molecule has 0 unspecified atom stereocenters. The molecule has 9 nitrogen and oxygen atoms in total. The molecule has 0 saturated heterocycles. The molecule has 0 atom stereocenters. The highest BCUT2D eigenvalue weighted by Crippen LogP contribution is 2.50. The van der Waals surface area contributed by atoms with Crippen molar-refractivity contribution < 1.29 is 0 Å². The van der Waals surface area contributed by atoms with Gasteiger partial charge < -0.3 is 0 Å². The molecule has 654 valence electrons. The lowest BCUT2D eigenvalue weighted by Gasteiger charge is -2.18. The maximum Gasteiger partial charge on any atom is 0.338 e. The molecule has 0 spiro atoms. The van der Waals surface area contributed by atoms with Crippen molar-refractivity contribution in [1.82, 2.24) is 27.4 Å². The monoisotopic (exact) mass is 1780 g/mol. The third-order valence-electron chi connectivity index (χ3n) is 27.8. The van der Waals surface area contributed by atoms with E-state index in [4.69, 9.17) is 0 Å². The van der Waals surface area contributed by atoms with Gasteiger partial charge >= 0.3 is 17.1 Å². The molecule has 24 aromatic carbocycles. The lowest BCUT2D eigenvalue weighted by molar-refractivity contribution is 0.846. The number of benzene rings is 24. The predicted molar refractivity (Wildman–Crippen MR) is 582 cm³/mol. The lowest BCUT2D eigenvalue weighted by Crippen LogP contribution is -2.22. The molecule has 3 aromatic heterocycles. The SMILES string of the molecule is Cn1c(=O)n(-c2ccccc2)c2ccc(-c3c4ccccc4c(-c4ccc5ccccc5c4)c4ccccc34)cc21.O=c1n(-c2ccc(-c3ccccc3)cc2)c2ccccc2n1-c1ccc(-c2c3ccccc3c(-c3ccc4ccccc4c3)c3ccccc23)cc1.O=c1n(-c2ccccc2)c2ccc(-c3c4ccccc4c(-c4ccc5ccccc5c4)c4ccccc34)cc2n1-c1ccccc1. The van der Waals surface area contributed by atoms with Gasteiger partial charge in [0.05, 0.1) is 61.5 Å². The molecule has 0 amide bonds. The van der Waals surface area contributed by atoms with E-state index in [9.17, 15) is 14.4 Å². The topological polar surface area (TPSA) is 80.8 Å². The van der Waals surface area contributed by atoms with E-state index >= 15 is 0 Å². The van der Waals surface area contributed by atoms with E-state index in [2.05, 4.69) is 358 Å². The van der Waals surface area contributed by atoms with Crippen molar-refractivity contribution >= 4 is 130 Å². The minimum atomic E-state index is -0.1000. The Morgan fingerprint density at radius 3 is 0.662 bits per heavy atom. The first kappa shape index (κ1) is 82.3. The van der Waals surface area contributed by atoms with Gasteiger partial charge in [-0.2, -0.15) is 0 Å². The quantitative estimate of drug-likeness (QED) is 0.114. The van der Waals surface area contributed by atoms with Gasteiger partial charge in [0.1, 0.15) is 0 Å². The summed E-state index contributed by atoms with van der Waals surface area (Å²) in [4.78, 5) is 41.9. The second kappa shape index (κ2) is 34.5. The van der Waals surface area contributed by atoms with Crippen LogP contribution in [0.3, 0.4) is 0 Å². The van der Waals surface area contributed by atoms with Gasteiger partial charge in [-0.1, -0.05) is 388 Å². The van der Waals surface area contributed by atoms with Crippen LogP contribution in [0, 0.1) is 0 Å².